The molecule has 0 atom stereocenters. The van der Waals surface area contributed by atoms with Gasteiger partial charge in [-0.1, -0.05) is 72.1 Å². The summed E-state index contributed by atoms with van der Waals surface area (Å²) in [5.41, 5.74) is 8.25. The van der Waals surface area contributed by atoms with Crippen molar-refractivity contribution in [1.29, 1.82) is 0 Å². The Morgan fingerprint density at radius 1 is 0.725 bits per heavy atom. The van der Waals surface area contributed by atoms with E-state index in [1.165, 1.54) is 66.1 Å². The third-order valence-corrected chi connectivity index (χ3v) is 8.73. The molecule has 0 amide bonds. The third kappa shape index (κ3) is 4.54. The molecule has 1 aliphatic rings. The van der Waals surface area contributed by atoms with E-state index in [9.17, 15) is 8.42 Å². The standard InChI is InChI=1S/C27H14NS.C5H5NO3S.Ir/c1-2-7-18-17(6-1)20-9-5-10-23-27(20)22(18)15-24(28-23)16-12-13-26-21(14-16)19-8-3-4-11-25(19)29-26;7-10(8,9)5-3-1-2-4-6-5;/h1-11,13-15H;1-4H,(H,7,8,9);/q-1;;. The van der Waals surface area contributed by atoms with E-state index >= 15 is 0 Å². The maximum Gasteiger partial charge on any atom is 0.312 e. The van der Waals surface area contributed by atoms with Crippen LogP contribution >= 0.6 is 11.3 Å². The van der Waals surface area contributed by atoms with Crippen molar-refractivity contribution < 1.29 is 33.1 Å². The SMILES string of the molecule is O=S(=O)(O)c1ccccn1.[Ir].[c-]1cc2sc3ccccc3c2cc1-c1cc2c3c(cccc3n1)-c1ccccc1-2. The summed E-state index contributed by atoms with van der Waals surface area (Å²) in [5.74, 6) is 0. The minimum Gasteiger partial charge on any atom is -0.296 e. The van der Waals surface area contributed by atoms with E-state index in [1.54, 1.807) is 6.07 Å². The molecule has 0 bridgehead atoms. The quantitative estimate of drug-likeness (QED) is 0.144. The van der Waals surface area contributed by atoms with E-state index in [2.05, 4.69) is 96.0 Å². The second-order valence-electron chi connectivity index (χ2n) is 9.17. The van der Waals surface area contributed by atoms with Gasteiger partial charge in [0.05, 0.1) is 5.52 Å². The maximum absolute atomic E-state index is 10.3. The van der Waals surface area contributed by atoms with Crippen molar-refractivity contribution >= 4 is 52.5 Å². The van der Waals surface area contributed by atoms with E-state index in [-0.39, 0.29) is 25.1 Å². The molecule has 3 aromatic heterocycles. The van der Waals surface area contributed by atoms with Crippen LogP contribution in [-0.2, 0) is 30.2 Å². The van der Waals surface area contributed by atoms with Gasteiger partial charge in [-0.05, 0) is 62.3 Å². The van der Waals surface area contributed by atoms with Crippen LogP contribution in [-0.4, -0.2) is 22.9 Å². The molecule has 40 heavy (non-hydrogen) atoms. The Bertz CT molecular complexity index is 2160. The summed E-state index contributed by atoms with van der Waals surface area (Å²) < 4.78 is 31.6. The van der Waals surface area contributed by atoms with Gasteiger partial charge in [0.1, 0.15) is 0 Å². The van der Waals surface area contributed by atoms with Crippen LogP contribution in [0.2, 0.25) is 0 Å². The van der Waals surface area contributed by atoms with Crippen LogP contribution in [0.15, 0.2) is 114 Å². The van der Waals surface area contributed by atoms with Crippen LogP contribution in [0.5, 0.6) is 0 Å². The average molecular weight is 736 g/mol. The van der Waals surface area contributed by atoms with Gasteiger partial charge in [0.25, 0.3) is 0 Å². The van der Waals surface area contributed by atoms with Crippen LogP contribution in [0.4, 0.5) is 0 Å². The smallest absolute Gasteiger partial charge is 0.296 e. The predicted octanol–water partition coefficient (Wildman–Crippen LogP) is 8.04. The Kier molecular flexibility index (Phi) is 6.82. The van der Waals surface area contributed by atoms with Crippen molar-refractivity contribution in [3.8, 4) is 33.5 Å². The zero-order valence-electron chi connectivity index (χ0n) is 20.7. The second-order valence-corrected chi connectivity index (χ2v) is 11.6. The summed E-state index contributed by atoms with van der Waals surface area (Å²) in [6.45, 7) is 0. The van der Waals surface area contributed by atoms with E-state index in [0.29, 0.717) is 0 Å². The number of pyridine rings is 2. The fraction of sp³-hybridized carbons (Fsp3) is 0. The molecule has 8 rings (SSSR count). The molecule has 0 aliphatic heterocycles. The van der Waals surface area contributed by atoms with Gasteiger partial charge in [-0.25, -0.2) is 4.98 Å². The van der Waals surface area contributed by atoms with Gasteiger partial charge < -0.3 is 0 Å². The van der Waals surface area contributed by atoms with Gasteiger partial charge in [0.15, 0.2) is 5.03 Å². The van der Waals surface area contributed by atoms with E-state index < -0.39 is 10.1 Å². The van der Waals surface area contributed by atoms with Gasteiger partial charge in [0, 0.05) is 36.4 Å². The van der Waals surface area contributed by atoms with Gasteiger partial charge in [0.2, 0.25) is 0 Å². The third-order valence-electron chi connectivity index (χ3n) is 6.83. The van der Waals surface area contributed by atoms with Crippen molar-refractivity contribution in [2.24, 2.45) is 0 Å². The zero-order chi connectivity index (χ0) is 26.6. The summed E-state index contributed by atoms with van der Waals surface area (Å²) in [6, 6.07) is 38.1. The normalized spacial score (nSPS) is 11.6. The van der Waals surface area contributed by atoms with Crippen LogP contribution in [0, 0.1) is 6.07 Å². The molecule has 197 valence electrons. The van der Waals surface area contributed by atoms with Crippen molar-refractivity contribution in [2.45, 2.75) is 5.03 Å². The maximum atomic E-state index is 10.3. The molecule has 0 spiro atoms. The fourth-order valence-corrected chi connectivity index (χ4v) is 6.65. The van der Waals surface area contributed by atoms with Crippen LogP contribution in [0.25, 0.3) is 64.6 Å². The molecule has 1 radical (unpaired) electrons. The van der Waals surface area contributed by atoms with E-state index in [0.717, 1.165) is 16.8 Å². The Morgan fingerprint density at radius 3 is 2.20 bits per heavy atom. The van der Waals surface area contributed by atoms with Gasteiger partial charge >= 0.3 is 10.1 Å². The molecule has 1 aliphatic carbocycles. The summed E-state index contributed by atoms with van der Waals surface area (Å²) in [4.78, 5) is 8.45. The van der Waals surface area contributed by atoms with Crippen molar-refractivity contribution in [3.63, 3.8) is 0 Å². The largest absolute Gasteiger partial charge is 0.312 e. The molecule has 0 saturated heterocycles. The first kappa shape index (κ1) is 26.4. The Balaban J connectivity index is 0.000000226. The Labute approximate surface area is 248 Å². The molecule has 1 N–H and O–H groups in total. The molecule has 5 nitrogen and oxygen atoms in total. The summed E-state index contributed by atoms with van der Waals surface area (Å²) >= 11 is 1.82. The average Bonchev–Trinajstić information content (AvgIpc) is 3.50. The predicted molar refractivity (Wildman–Crippen MR) is 157 cm³/mol. The van der Waals surface area contributed by atoms with Gasteiger partial charge in [-0.3, -0.25) is 9.54 Å². The summed E-state index contributed by atoms with van der Waals surface area (Å²) in [7, 11) is -4.11. The topological polar surface area (TPSA) is 80.2 Å². The monoisotopic (exact) mass is 736 g/mol. The van der Waals surface area contributed by atoms with Crippen molar-refractivity contribution in [2.75, 3.05) is 0 Å². The zero-order valence-corrected chi connectivity index (χ0v) is 24.7. The Hall–Kier alpha value is -3.78. The second kappa shape index (κ2) is 10.3. The molecule has 0 saturated carbocycles. The number of thiophene rings is 1. The first-order valence-corrected chi connectivity index (χ1v) is 14.5. The Morgan fingerprint density at radius 2 is 1.45 bits per heavy atom. The number of benzene rings is 4. The molecular weight excluding hydrogens is 717 g/mol. The van der Waals surface area contributed by atoms with Crippen molar-refractivity contribution in [1.82, 2.24) is 9.97 Å². The minimum atomic E-state index is -4.11. The summed E-state index contributed by atoms with van der Waals surface area (Å²) in [6.07, 6.45) is 1.29. The molecule has 8 heteroatoms. The molecule has 3 heterocycles. The number of rotatable bonds is 2. The summed E-state index contributed by atoms with van der Waals surface area (Å²) in [5, 5.41) is 3.53. The van der Waals surface area contributed by atoms with Gasteiger partial charge in [-0.15, -0.1) is 23.8 Å². The minimum absolute atomic E-state index is 0. The number of hydrogen-bond donors (Lipinski definition) is 1. The molecule has 0 fully saturated rings. The van der Waals surface area contributed by atoms with Crippen molar-refractivity contribution in [3.05, 3.63) is 115 Å². The molecule has 7 aromatic rings. The van der Waals surface area contributed by atoms with Crippen LogP contribution < -0.4 is 0 Å². The molecule has 0 unspecified atom stereocenters. The van der Waals surface area contributed by atoms with Gasteiger partial charge in [-0.2, -0.15) is 19.8 Å². The molecular formula is C32H19IrN2O3S2-. The number of hydrogen-bond acceptors (Lipinski definition) is 5. The van der Waals surface area contributed by atoms with Crippen LogP contribution in [0.1, 0.15) is 0 Å². The first-order chi connectivity index (χ1) is 19.0. The number of fused-ring (bicyclic) bond motifs is 6. The fourth-order valence-electron chi connectivity index (χ4n) is 5.13. The molecule has 4 aromatic carbocycles. The number of aromatic nitrogens is 2. The number of nitrogens with zero attached hydrogens (tertiary/aromatic N) is 2. The first-order valence-electron chi connectivity index (χ1n) is 12.2. The van der Waals surface area contributed by atoms with E-state index in [1.807, 2.05) is 11.3 Å². The van der Waals surface area contributed by atoms with Crippen LogP contribution in [0.3, 0.4) is 0 Å². The van der Waals surface area contributed by atoms with E-state index in [4.69, 9.17) is 9.54 Å².